The molecule has 0 aliphatic heterocycles. The van der Waals surface area contributed by atoms with E-state index in [-0.39, 0.29) is 11.2 Å². The lowest BCUT2D eigenvalue weighted by Gasteiger charge is -2.20. The van der Waals surface area contributed by atoms with Crippen molar-refractivity contribution >= 4 is 22.9 Å². The summed E-state index contributed by atoms with van der Waals surface area (Å²) in [4.78, 5) is 0. The van der Waals surface area contributed by atoms with E-state index in [1.54, 1.807) is 6.07 Å². The van der Waals surface area contributed by atoms with E-state index in [9.17, 15) is 9.65 Å². The molecule has 1 heterocycles. The third-order valence-corrected chi connectivity index (χ3v) is 6.18. The van der Waals surface area contributed by atoms with Gasteiger partial charge in [-0.25, -0.2) is 4.39 Å². The van der Waals surface area contributed by atoms with E-state index < -0.39 is 0 Å². The van der Waals surface area contributed by atoms with Gasteiger partial charge in [0.25, 0.3) is 0 Å². The molecule has 3 nitrogen and oxygen atoms in total. The van der Waals surface area contributed by atoms with Gasteiger partial charge in [-0.2, -0.15) is 5.26 Å². The molecule has 5 heteroatoms. The highest BCUT2D eigenvalue weighted by Gasteiger charge is 2.22. The molecule has 1 aliphatic carbocycles. The predicted molar refractivity (Wildman–Crippen MR) is 119 cm³/mol. The summed E-state index contributed by atoms with van der Waals surface area (Å²) in [6.07, 6.45) is 4.87. The van der Waals surface area contributed by atoms with Gasteiger partial charge in [0.05, 0.1) is 11.6 Å². The highest BCUT2D eigenvalue weighted by molar-refractivity contribution is 7.98. The van der Waals surface area contributed by atoms with Crippen molar-refractivity contribution in [2.45, 2.75) is 52.0 Å². The fourth-order valence-corrected chi connectivity index (χ4v) is 4.45. The van der Waals surface area contributed by atoms with Crippen LogP contribution < -0.4 is 4.72 Å². The molecule has 1 saturated carbocycles. The van der Waals surface area contributed by atoms with Crippen LogP contribution in [-0.2, 0) is 13.1 Å². The van der Waals surface area contributed by atoms with E-state index in [1.165, 1.54) is 35.9 Å². The number of nitriles is 1. The van der Waals surface area contributed by atoms with Crippen LogP contribution in [0.15, 0.2) is 42.6 Å². The minimum absolute atomic E-state index is 0.142. The predicted octanol–water partition coefficient (Wildman–Crippen LogP) is 6.27. The molecule has 3 aromatic rings. The summed E-state index contributed by atoms with van der Waals surface area (Å²) < 4.78 is 19.4. The van der Waals surface area contributed by atoms with Crippen molar-refractivity contribution in [2.24, 2.45) is 5.41 Å². The van der Waals surface area contributed by atoms with Gasteiger partial charge in [0.15, 0.2) is 0 Å². The molecule has 0 amide bonds. The molecule has 1 fully saturated rings. The Morgan fingerprint density at radius 3 is 2.69 bits per heavy atom. The Balaban J connectivity index is 1.75. The second kappa shape index (κ2) is 7.85. The topological polar surface area (TPSA) is 40.8 Å². The average Bonchev–Trinajstić information content (AvgIpc) is 3.43. The van der Waals surface area contributed by atoms with E-state index in [4.69, 9.17) is 0 Å². The van der Waals surface area contributed by atoms with E-state index in [2.05, 4.69) is 54.5 Å². The van der Waals surface area contributed by atoms with Gasteiger partial charge < -0.3 is 4.57 Å². The van der Waals surface area contributed by atoms with E-state index in [0.29, 0.717) is 5.56 Å². The van der Waals surface area contributed by atoms with E-state index in [1.807, 2.05) is 18.0 Å². The van der Waals surface area contributed by atoms with Crippen molar-refractivity contribution in [2.75, 3.05) is 0 Å². The van der Waals surface area contributed by atoms with Crippen molar-refractivity contribution in [1.29, 1.82) is 5.26 Å². The number of halogens is 1. The smallest absolute Gasteiger partial charge is 0.124 e. The van der Waals surface area contributed by atoms with Gasteiger partial charge in [0, 0.05) is 35.4 Å². The number of nitrogens with one attached hydrogen (secondary N) is 1. The molecule has 0 unspecified atom stereocenters. The van der Waals surface area contributed by atoms with Crippen LogP contribution in [0, 0.1) is 22.6 Å². The van der Waals surface area contributed by atoms with Crippen molar-refractivity contribution in [3.63, 3.8) is 0 Å². The maximum Gasteiger partial charge on any atom is 0.124 e. The Morgan fingerprint density at radius 2 is 2.00 bits per heavy atom. The average molecular weight is 408 g/mol. The molecular formula is C24H26FN3S. The van der Waals surface area contributed by atoms with Crippen molar-refractivity contribution in [3.05, 3.63) is 59.5 Å². The molecule has 1 aliphatic rings. The molecule has 0 atom stereocenters. The van der Waals surface area contributed by atoms with Crippen molar-refractivity contribution < 1.29 is 4.39 Å². The maximum absolute atomic E-state index is 13.6. The fourth-order valence-electron chi connectivity index (χ4n) is 3.60. The molecule has 2 aromatic carbocycles. The van der Waals surface area contributed by atoms with Gasteiger partial charge in [-0.05, 0) is 53.1 Å². The summed E-state index contributed by atoms with van der Waals surface area (Å²) in [5.74, 6) is -0.385. The van der Waals surface area contributed by atoms with Gasteiger partial charge >= 0.3 is 0 Å². The minimum atomic E-state index is -0.385. The number of aromatic nitrogens is 1. The first-order valence-electron chi connectivity index (χ1n) is 10.0. The molecule has 1 aromatic heterocycles. The highest BCUT2D eigenvalue weighted by Crippen LogP contribution is 2.34. The second-order valence-corrected chi connectivity index (χ2v) is 10.2. The van der Waals surface area contributed by atoms with Gasteiger partial charge in [0.1, 0.15) is 5.82 Å². The van der Waals surface area contributed by atoms with Crippen LogP contribution >= 0.6 is 11.9 Å². The standard InChI is InChI=1S/C24H26FN3S/c1-24(2,3)15-28-14-18(13-27-29-20-6-7-20)22-8-4-16(11-23(22)28)21-9-5-19(25)10-17(21)12-26/h4-5,8-11,14,20,27H,6-7,13,15H2,1-3H3. The minimum Gasteiger partial charge on any atom is -0.347 e. The summed E-state index contributed by atoms with van der Waals surface area (Å²) in [6, 6.07) is 12.8. The molecule has 0 spiro atoms. The number of rotatable bonds is 6. The SMILES string of the molecule is CC(C)(C)Cn1cc(CNSC2CC2)c2ccc(-c3ccc(F)cc3C#N)cc21. The lowest BCUT2D eigenvalue weighted by molar-refractivity contribution is 0.349. The van der Waals surface area contributed by atoms with Gasteiger partial charge in [0.2, 0.25) is 0 Å². The zero-order chi connectivity index (χ0) is 20.6. The Labute approximate surface area is 176 Å². The lowest BCUT2D eigenvalue weighted by atomic mass is 9.96. The molecule has 0 radical (unpaired) electrons. The van der Waals surface area contributed by atoms with E-state index >= 15 is 0 Å². The zero-order valence-corrected chi connectivity index (χ0v) is 17.9. The summed E-state index contributed by atoms with van der Waals surface area (Å²) in [7, 11) is 0. The third-order valence-electron chi connectivity index (χ3n) is 5.06. The molecule has 4 rings (SSSR count). The summed E-state index contributed by atoms with van der Waals surface area (Å²) in [5.41, 5.74) is 4.64. The number of hydrogen-bond donors (Lipinski definition) is 1. The third kappa shape index (κ3) is 4.66. The van der Waals surface area contributed by atoms with Gasteiger partial charge in [-0.1, -0.05) is 50.9 Å². The monoisotopic (exact) mass is 407 g/mol. The normalized spacial score (nSPS) is 14.3. The summed E-state index contributed by atoms with van der Waals surface area (Å²) in [5, 5.41) is 11.4. The van der Waals surface area contributed by atoms with E-state index in [0.717, 1.165) is 35.0 Å². The fraction of sp³-hybridized carbons (Fsp3) is 0.375. The number of benzene rings is 2. The largest absolute Gasteiger partial charge is 0.347 e. The maximum atomic E-state index is 13.6. The second-order valence-electron chi connectivity index (χ2n) is 9.01. The van der Waals surface area contributed by atoms with Gasteiger partial charge in [-0.3, -0.25) is 4.72 Å². The first kappa shape index (κ1) is 20.0. The Bertz CT molecular complexity index is 1080. The molecule has 1 N–H and O–H groups in total. The molecule has 29 heavy (non-hydrogen) atoms. The van der Waals surface area contributed by atoms with Crippen LogP contribution in [0.1, 0.15) is 44.7 Å². The Morgan fingerprint density at radius 1 is 1.21 bits per heavy atom. The molecule has 0 bridgehead atoms. The summed E-state index contributed by atoms with van der Waals surface area (Å²) in [6.45, 7) is 8.43. The Kier molecular flexibility index (Phi) is 5.42. The van der Waals surface area contributed by atoms with Crippen molar-refractivity contribution in [3.8, 4) is 17.2 Å². The van der Waals surface area contributed by atoms with Crippen LogP contribution in [0.4, 0.5) is 4.39 Å². The van der Waals surface area contributed by atoms with Crippen LogP contribution in [0.25, 0.3) is 22.0 Å². The molecule has 150 valence electrons. The number of fused-ring (bicyclic) bond motifs is 1. The van der Waals surface area contributed by atoms with Crippen molar-refractivity contribution in [1.82, 2.24) is 9.29 Å². The molecular weight excluding hydrogens is 381 g/mol. The zero-order valence-electron chi connectivity index (χ0n) is 17.1. The van der Waals surface area contributed by atoms with Crippen LogP contribution in [0.2, 0.25) is 0 Å². The number of nitrogens with zero attached hydrogens (tertiary/aromatic N) is 2. The van der Waals surface area contributed by atoms with Crippen LogP contribution in [-0.4, -0.2) is 9.82 Å². The van der Waals surface area contributed by atoms with Crippen LogP contribution in [0.3, 0.4) is 0 Å². The number of hydrogen-bond acceptors (Lipinski definition) is 3. The first-order chi connectivity index (χ1) is 13.8. The highest BCUT2D eigenvalue weighted by atomic mass is 32.2. The Hall–Kier alpha value is -2.29. The lowest BCUT2D eigenvalue weighted by Crippen LogP contribution is -2.14. The van der Waals surface area contributed by atoms with Gasteiger partial charge in [-0.15, -0.1) is 0 Å². The quantitative estimate of drug-likeness (QED) is 0.490. The summed E-state index contributed by atoms with van der Waals surface area (Å²) >= 11 is 1.84. The molecule has 0 saturated heterocycles. The first-order valence-corrected chi connectivity index (χ1v) is 10.9. The van der Waals surface area contributed by atoms with Crippen LogP contribution in [0.5, 0.6) is 0 Å².